The molecule has 0 aliphatic carbocycles. The first-order chi connectivity index (χ1) is 16.5. The summed E-state index contributed by atoms with van der Waals surface area (Å²) in [7, 11) is 0. The lowest BCUT2D eigenvalue weighted by molar-refractivity contribution is -0.136. The second kappa shape index (κ2) is 9.31. The maximum atomic E-state index is 14.0. The number of amides is 2. The lowest BCUT2D eigenvalue weighted by Crippen LogP contribution is -2.49. The zero-order chi connectivity index (χ0) is 23.7. The lowest BCUT2D eigenvalue weighted by Gasteiger charge is -2.40. The van der Waals surface area contributed by atoms with Gasteiger partial charge in [-0.1, -0.05) is 48.5 Å². The molecule has 0 fully saturated rings. The van der Waals surface area contributed by atoms with Crippen molar-refractivity contribution >= 4 is 28.8 Å². The number of fused-ring (bicyclic) bond motifs is 3. The normalized spacial score (nSPS) is 14.6. The van der Waals surface area contributed by atoms with Gasteiger partial charge in [0.25, 0.3) is 0 Å². The minimum Gasteiger partial charge on any atom is -0.331 e. The summed E-state index contributed by atoms with van der Waals surface area (Å²) in [6.45, 7) is 3.95. The van der Waals surface area contributed by atoms with Crippen LogP contribution in [0.3, 0.4) is 0 Å². The van der Waals surface area contributed by atoms with Crippen LogP contribution in [0.25, 0.3) is 5.69 Å². The molecule has 172 valence electrons. The van der Waals surface area contributed by atoms with E-state index in [-0.39, 0.29) is 30.4 Å². The fourth-order valence-electron chi connectivity index (χ4n) is 4.66. The zero-order valence-corrected chi connectivity index (χ0v) is 20.1. The van der Waals surface area contributed by atoms with Crippen molar-refractivity contribution in [3.63, 3.8) is 0 Å². The molecule has 0 saturated heterocycles. The van der Waals surface area contributed by atoms with E-state index in [4.69, 9.17) is 0 Å². The van der Waals surface area contributed by atoms with Crippen LogP contribution in [0.15, 0.2) is 90.4 Å². The summed E-state index contributed by atoms with van der Waals surface area (Å²) in [6, 6.07) is 25.7. The third-order valence-corrected chi connectivity index (χ3v) is 7.13. The molecule has 6 heteroatoms. The summed E-state index contributed by atoms with van der Waals surface area (Å²) < 4.78 is 2.15. The summed E-state index contributed by atoms with van der Waals surface area (Å²) in [5.41, 5.74) is 3.87. The number of carbonyl (C=O) groups is 2. The van der Waals surface area contributed by atoms with Gasteiger partial charge in [-0.15, -0.1) is 11.3 Å². The van der Waals surface area contributed by atoms with Gasteiger partial charge in [0, 0.05) is 17.1 Å². The van der Waals surface area contributed by atoms with Crippen LogP contribution in [0.1, 0.15) is 36.0 Å². The Labute approximate surface area is 203 Å². The van der Waals surface area contributed by atoms with E-state index in [0.29, 0.717) is 6.42 Å². The van der Waals surface area contributed by atoms with Gasteiger partial charge in [-0.3, -0.25) is 14.5 Å². The molecule has 1 unspecified atom stereocenters. The average Bonchev–Trinajstić information content (AvgIpc) is 3.54. The van der Waals surface area contributed by atoms with Gasteiger partial charge in [0.1, 0.15) is 12.6 Å². The molecule has 0 bridgehead atoms. The van der Waals surface area contributed by atoms with Crippen molar-refractivity contribution in [3.05, 3.63) is 107 Å². The van der Waals surface area contributed by atoms with Crippen LogP contribution in [0, 0.1) is 0 Å². The summed E-state index contributed by atoms with van der Waals surface area (Å²) in [5.74, 6) is -0.127. The first-order valence-corrected chi connectivity index (χ1v) is 12.4. The van der Waals surface area contributed by atoms with Crippen LogP contribution in [-0.2, 0) is 16.0 Å². The number of thiophene rings is 1. The molecular weight excluding hydrogens is 442 g/mol. The first-order valence-electron chi connectivity index (χ1n) is 11.5. The third kappa shape index (κ3) is 4.05. The Balaban J connectivity index is 1.53. The van der Waals surface area contributed by atoms with Crippen molar-refractivity contribution in [1.29, 1.82) is 0 Å². The molecule has 2 aromatic carbocycles. The van der Waals surface area contributed by atoms with E-state index in [9.17, 15) is 9.59 Å². The van der Waals surface area contributed by atoms with Gasteiger partial charge in [0.05, 0.1) is 23.5 Å². The number of para-hydroxylation sites is 2. The van der Waals surface area contributed by atoms with Gasteiger partial charge < -0.3 is 9.47 Å². The van der Waals surface area contributed by atoms with Crippen molar-refractivity contribution in [2.24, 2.45) is 0 Å². The van der Waals surface area contributed by atoms with E-state index in [2.05, 4.69) is 22.8 Å². The second-order valence-electron chi connectivity index (χ2n) is 8.74. The summed E-state index contributed by atoms with van der Waals surface area (Å²) in [5, 5.41) is 1.97. The summed E-state index contributed by atoms with van der Waals surface area (Å²) in [6.07, 6.45) is 2.35. The zero-order valence-electron chi connectivity index (χ0n) is 19.3. The number of hydrogen-bond acceptors (Lipinski definition) is 3. The third-order valence-electron chi connectivity index (χ3n) is 6.26. The highest BCUT2D eigenvalue weighted by Gasteiger charge is 2.37. The van der Waals surface area contributed by atoms with Crippen molar-refractivity contribution in [2.45, 2.75) is 32.4 Å². The molecule has 3 heterocycles. The van der Waals surface area contributed by atoms with Crippen LogP contribution in [0.2, 0.25) is 0 Å². The van der Waals surface area contributed by atoms with Crippen LogP contribution in [-0.4, -0.2) is 33.9 Å². The lowest BCUT2D eigenvalue weighted by atomic mass is 9.97. The Hall–Kier alpha value is -3.64. The topological polar surface area (TPSA) is 45.6 Å². The number of nitrogens with zero attached hydrogens (tertiary/aromatic N) is 3. The minimum absolute atomic E-state index is 0.0280. The Morgan fingerprint density at radius 3 is 2.35 bits per heavy atom. The molecular formula is C28H27N3O2S. The smallest absolute Gasteiger partial charge is 0.247 e. The number of hydrogen-bond donors (Lipinski definition) is 0. The van der Waals surface area contributed by atoms with Gasteiger partial charge in [-0.2, -0.15) is 0 Å². The molecule has 5 rings (SSSR count). The molecule has 34 heavy (non-hydrogen) atoms. The van der Waals surface area contributed by atoms with Crippen LogP contribution < -0.4 is 4.90 Å². The predicted octanol–water partition coefficient (Wildman–Crippen LogP) is 5.45. The monoisotopic (exact) mass is 469 g/mol. The van der Waals surface area contributed by atoms with Crippen LogP contribution in [0.5, 0.6) is 0 Å². The molecule has 0 spiro atoms. The molecule has 1 aliphatic heterocycles. The summed E-state index contributed by atoms with van der Waals surface area (Å²) in [4.78, 5) is 31.8. The Morgan fingerprint density at radius 2 is 1.65 bits per heavy atom. The van der Waals surface area contributed by atoms with E-state index < -0.39 is 0 Å². The molecule has 5 nitrogen and oxygen atoms in total. The molecule has 4 aromatic rings. The molecule has 2 aromatic heterocycles. The molecule has 2 amide bonds. The van der Waals surface area contributed by atoms with Gasteiger partial charge in [-0.05, 0) is 55.1 Å². The quantitative estimate of drug-likeness (QED) is 0.377. The van der Waals surface area contributed by atoms with Crippen LogP contribution >= 0.6 is 11.3 Å². The van der Waals surface area contributed by atoms with E-state index >= 15 is 0 Å². The Kier molecular flexibility index (Phi) is 6.07. The number of carbonyl (C=O) groups excluding carboxylic acids is 2. The minimum atomic E-state index is -0.278. The molecule has 0 N–H and O–H groups in total. The largest absolute Gasteiger partial charge is 0.331 e. The number of aromatic nitrogens is 1. The highest BCUT2D eigenvalue weighted by Crippen LogP contribution is 2.42. The second-order valence-corrected chi connectivity index (χ2v) is 9.77. The highest BCUT2D eigenvalue weighted by molar-refractivity contribution is 7.10. The van der Waals surface area contributed by atoms with E-state index in [1.165, 1.54) is 0 Å². The van der Waals surface area contributed by atoms with E-state index in [0.717, 1.165) is 27.5 Å². The molecule has 1 atom stereocenters. The van der Waals surface area contributed by atoms with Gasteiger partial charge in [0.2, 0.25) is 11.8 Å². The van der Waals surface area contributed by atoms with Gasteiger partial charge in [-0.25, -0.2) is 0 Å². The SMILES string of the molecule is CC(C)N(CC(=O)N1c2ccccc2-n2cccc2C1c1ccccc1)C(=O)Cc1cccs1. The van der Waals surface area contributed by atoms with Crippen molar-refractivity contribution in [1.82, 2.24) is 9.47 Å². The van der Waals surface area contributed by atoms with Gasteiger partial charge in [0.15, 0.2) is 0 Å². The van der Waals surface area contributed by atoms with E-state index in [1.807, 2.05) is 91.0 Å². The summed E-state index contributed by atoms with van der Waals surface area (Å²) >= 11 is 1.56. The van der Waals surface area contributed by atoms with Gasteiger partial charge >= 0.3 is 0 Å². The molecule has 1 aliphatic rings. The van der Waals surface area contributed by atoms with Crippen molar-refractivity contribution in [3.8, 4) is 5.69 Å². The molecule has 0 radical (unpaired) electrons. The Bertz CT molecular complexity index is 1290. The van der Waals surface area contributed by atoms with E-state index in [1.54, 1.807) is 16.2 Å². The average molecular weight is 470 g/mol. The predicted molar refractivity (Wildman–Crippen MR) is 136 cm³/mol. The fraction of sp³-hybridized carbons (Fsp3) is 0.214. The first kappa shape index (κ1) is 22.2. The van der Waals surface area contributed by atoms with Crippen LogP contribution in [0.4, 0.5) is 5.69 Å². The number of benzene rings is 2. The maximum Gasteiger partial charge on any atom is 0.247 e. The number of anilines is 1. The highest BCUT2D eigenvalue weighted by atomic mass is 32.1. The molecule has 0 saturated carbocycles. The van der Waals surface area contributed by atoms with Crippen molar-refractivity contribution < 1.29 is 9.59 Å². The standard InChI is InChI=1S/C28H27N3O2S/c1-20(2)30(26(32)18-22-12-9-17-34-22)19-27(33)31-24-14-7-6-13-23(24)29-16-8-15-25(29)28(31)21-10-4-3-5-11-21/h3-17,20,28H,18-19H2,1-2H3. The fourth-order valence-corrected chi connectivity index (χ4v) is 5.35. The Morgan fingerprint density at radius 1 is 0.912 bits per heavy atom. The maximum absolute atomic E-state index is 14.0. The van der Waals surface area contributed by atoms with Crippen molar-refractivity contribution in [2.75, 3.05) is 11.4 Å². The number of rotatable bonds is 6.